The van der Waals surface area contributed by atoms with Crippen LogP contribution in [0.15, 0.2) is 29.4 Å². The summed E-state index contributed by atoms with van der Waals surface area (Å²) < 4.78 is 5.44. The van der Waals surface area contributed by atoms with Crippen LogP contribution in [0.3, 0.4) is 0 Å². The van der Waals surface area contributed by atoms with Crippen LogP contribution in [0.1, 0.15) is 24.5 Å². The zero-order valence-corrected chi connectivity index (χ0v) is 13.0. The fourth-order valence-corrected chi connectivity index (χ4v) is 2.44. The van der Waals surface area contributed by atoms with Crippen molar-refractivity contribution in [1.82, 2.24) is 15.0 Å². The van der Waals surface area contributed by atoms with Crippen LogP contribution < -0.4 is 16.0 Å². The first-order valence-electron chi connectivity index (χ1n) is 6.75. The summed E-state index contributed by atoms with van der Waals surface area (Å²) in [6, 6.07) is 8.64. The molecular weight excluding hydrogens is 286 g/mol. The second-order valence-corrected chi connectivity index (χ2v) is 5.44. The lowest BCUT2D eigenvalue weighted by Gasteiger charge is -2.07. The Balaban J connectivity index is 2.07. The third-order valence-corrected chi connectivity index (χ3v) is 3.53. The van der Waals surface area contributed by atoms with Crippen molar-refractivity contribution in [2.45, 2.75) is 31.2 Å². The summed E-state index contributed by atoms with van der Waals surface area (Å²) in [7, 11) is 0. The van der Waals surface area contributed by atoms with Gasteiger partial charge in [0.15, 0.2) is 5.16 Å². The van der Waals surface area contributed by atoms with Crippen molar-refractivity contribution in [3.63, 3.8) is 0 Å². The predicted octanol–water partition coefficient (Wildman–Crippen LogP) is 2.55. The standard InChI is InChI=1S/C14H19N5OS/c1-3-7-20-13-16-12(19-15)17-14(18-13)21-9-11-6-4-5-10(2)8-11/h4-6,8H,3,7,9,15H2,1-2H3,(H,16,17,18,19). The maximum Gasteiger partial charge on any atom is 0.322 e. The van der Waals surface area contributed by atoms with E-state index in [0.717, 1.165) is 12.2 Å². The minimum absolute atomic E-state index is 0.298. The van der Waals surface area contributed by atoms with Crippen molar-refractivity contribution >= 4 is 17.7 Å². The topological polar surface area (TPSA) is 86.0 Å². The van der Waals surface area contributed by atoms with Gasteiger partial charge in [-0.15, -0.1) is 0 Å². The van der Waals surface area contributed by atoms with Gasteiger partial charge in [0, 0.05) is 5.75 Å². The van der Waals surface area contributed by atoms with Gasteiger partial charge in [0.1, 0.15) is 0 Å². The van der Waals surface area contributed by atoms with Gasteiger partial charge in [0.2, 0.25) is 5.95 Å². The van der Waals surface area contributed by atoms with Crippen LogP contribution in [0.2, 0.25) is 0 Å². The van der Waals surface area contributed by atoms with Gasteiger partial charge in [-0.05, 0) is 18.9 Å². The summed E-state index contributed by atoms with van der Waals surface area (Å²) in [5, 5.41) is 0.588. The summed E-state index contributed by atoms with van der Waals surface area (Å²) >= 11 is 1.52. The molecule has 7 heteroatoms. The van der Waals surface area contributed by atoms with Crippen LogP contribution >= 0.6 is 11.8 Å². The summed E-state index contributed by atoms with van der Waals surface area (Å²) in [4.78, 5) is 12.6. The lowest BCUT2D eigenvalue weighted by Crippen LogP contribution is -2.13. The molecule has 1 aromatic carbocycles. The largest absolute Gasteiger partial charge is 0.463 e. The lowest BCUT2D eigenvalue weighted by atomic mass is 10.2. The molecule has 2 rings (SSSR count). The maximum atomic E-state index is 5.44. The van der Waals surface area contributed by atoms with E-state index in [2.05, 4.69) is 45.5 Å². The van der Waals surface area contributed by atoms with Gasteiger partial charge < -0.3 is 4.74 Å². The van der Waals surface area contributed by atoms with Crippen molar-refractivity contribution in [2.24, 2.45) is 5.84 Å². The van der Waals surface area contributed by atoms with Crippen LogP contribution in [-0.4, -0.2) is 21.6 Å². The molecule has 0 saturated carbocycles. The quantitative estimate of drug-likeness (QED) is 0.462. The smallest absolute Gasteiger partial charge is 0.322 e. The van der Waals surface area contributed by atoms with Crippen LogP contribution in [0.5, 0.6) is 6.01 Å². The van der Waals surface area contributed by atoms with Crippen molar-refractivity contribution < 1.29 is 4.74 Å². The SMILES string of the molecule is CCCOc1nc(NN)nc(SCc2cccc(C)c2)n1. The molecule has 2 aromatic rings. The number of benzene rings is 1. The molecule has 0 aliphatic carbocycles. The van der Waals surface area contributed by atoms with E-state index >= 15 is 0 Å². The highest BCUT2D eigenvalue weighted by atomic mass is 32.2. The van der Waals surface area contributed by atoms with Crippen LogP contribution in [0.25, 0.3) is 0 Å². The molecular formula is C14H19N5OS. The fraction of sp³-hybridized carbons (Fsp3) is 0.357. The van der Waals surface area contributed by atoms with Crippen molar-refractivity contribution in [2.75, 3.05) is 12.0 Å². The second kappa shape index (κ2) is 7.80. The number of aromatic nitrogens is 3. The highest BCUT2D eigenvalue weighted by molar-refractivity contribution is 7.98. The molecule has 21 heavy (non-hydrogen) atoms. The second-order valence-electron chi connectivity index (χ2n) is 4.49. The highest BCUT2D eigenvalue weighted by Gasteiger charge is 2.08. The van der Waals surface area contributed by atoms with E-state index in [1.54, 1.807) is 0 Å². The third kappa shape index (κ3) is 4.87. The number of nitrogens with one attached hydrogen (secondary N) is 1. The number of nitrogen functional groups attached to an aromatic ring is 1. The maximum absolute atomic E-state index is 5.44. The average molecular weight is 305 g/mol. The van der Waals surface area contributed by atoms with E-state index in [1.165, 1.54) is 22.9 Å². The van der Waals surface area contributed by atoms with E-state index < -0.39 is 0 Å². The number of ether oxygens (including phenoxy) is 1. The zero-order valence-electron chi connectivity index (χ0n) is 12.2. The summed E-state index contributed by atoms with van der Waals surface area (Å²) in [6.45, 7) is 4.66. The fourth-order valence-electron chi connectivity index (χ4n) is 1.67. The molecule has 0 aliphatic rings. The lowest BCUT2D eigenvalue weighted by molar-refractivity contribution is 0.288. The molecule has 0 bridgehead atoms. The van der Waals surface area contributed by atoms with E-state index in [1.807, 2.05) is 13.0 Å². The molecule has 0 saturated heterocycles. The van der Waals surface area contributed by atoms with Crippen LogP contribution in [0.4, 0.5) is 5.95 Å². The molecule has 0 unspecified atom stereocenters. The van der Waals surface area contributed by atoms with Crippen LogP contribution in [-0.2, 0) is 5.75 Å². The monoisotopic (exact) mass is 305 g/mol. The zero-order chi connectivity index (χ0) is 15.1. The number of nitrogens with two attached hydrogens (primary N) is 1. The van der Waals surface area contributed by atoms with Crippen LogP contribution in [0, 0.1) is 6.92 Å². The number of nitrogens with zero attached hydrogens (tertiary/aromatic N) is 3. The normalized spacial score (nSPS) is 10.4. The van der Waals surface area contributed by atoms with E-state index in [0.29, 0.717) is 23.7 Å². The molecule has 1 aromatic heterocycles. The predicted molar refractivity (Wildman–Crippen MR) is 84.2 cm³/mol. The minimum atomic E-state index is 0.298. The first-order chi connectivity index (χ1) is 10.2. The van der Waals surface area contributed by atoms with Gasteiger partial charge in [-0.2, -0.15) is 15.0 Å². The molecule has 3 N–H and O–H groups in total. The molecule has 112 valence electrons. The number of aryl methyl sites for hydroxylation is 1. The van der Waals surface area contributed by atoms with E-state index in [-0.39, 0.29) is 0 Å². The van der Waals surface area contributed by atoms with Gasteiger partial charge in [0.05, 0.1) is 6.61 Å². The summed E-state index contributed by atoms with van der Waals surface area (Å²) in [6.07, 6.45) is 0.892. The minimum Gasteiger partial charge on any atom is -0.463 e. The van der Waals surface area contributed by atoms with Crippen molar-refractivity contribution in [3.05, 3.63) is 35.4 Å². The third-order valence-electron chi connectivity index (χ3n) is 2.61. The highest BCUT2D eigenvalue weighted by Crippen LogP contribution is 2.22. The first-order valence-corrected chi connectivity index (χ1v) is 7.73. The number of anilines is 1. The Morgan fingerprint density at radius 3 is 2.86 bits per heavy atom. The molecule has 0 spiro atoms. The number of thioether (sulfide) groups is 1. The number of hydrazine groups is 1. The Morgan fingerprint density at radius 1 is 1.29 bits per heavy atom. The van der Waals surface area contributed by atoms with Crippen molar-refractivity contribution in [3.8, 4) is 6.01 Å². The Kier molecular flexibility index (Phi) is 5.77. The number of hydrogen-bond donors (Lipinski definition) is 2. The number of hydrogen-bond acceptors (Lipinski definition) is 7. The van der Waals surface area contributed by atoms with Gasteiger partial charge in [-0.25, -0.2) is 5.84 Å². The van der Waals surface area contributed by atoms with Gasteiger partial charge in [0.25, 0.3) is 0 Å². The number of rotatable bonds is 7. The Morgan fingerprint density at radius 2 is 2.14 bits per heavy atom. The van der Waals surface area contributed by atoms with Gasteiger partial charge in [-0.1, -0.05) is 48.5 Å². The van der Waals surface area contributed by atoms with Gasteiger partial charge >= 0.3 is 6.01 Å². The molecule has 0 aliphatic heterocycles. The molecule has 0 amide bonds. The Bertz CT molecular complexity index is 593. The van der Waals surface area contributed by atoms with E-state index in [9.17, 15) is 0 Å². The molecule has 0 radical (unpaired) electrons. The Labute approximate surface area is 128 Å². The van der Waals surface area contributed by atoms with Gasteiger partial charge in [-0.3, -0.25) is 5.43 Å². The molecule has 0 atom stereocenters. The average Bonchev–Trinajstić information content (AvgIpc) is 2.51. The first kappa shape index (κ1) is 15.5. The van der Waals surface area contributed by atoms with Crippen molar-refractivity contribution in [1.29, 1.82) is 0 Å². The summed E-state index contributed by atoms with van der Waals surface area (Å²) in [5.74, 6) is 6.46. The summed E-state index contributed by atoms with van der Waals surface area (Å²) in [5.41, 5.74) is 4.89. The Hall–Kier alpha value is -1.86. The molecule has 0 fully saturated rings. The van der Waals surface area contributed by atoms with E-state index in [4.69, 9.17) is 10.6 Å². The molecule has 6 nitrogen and oxygen atoms in total. The molecule has 1 heterocycles.